The van der Waals surface area contributed by atoms with Crippen molar-refractivity contribution in [1.29, 1.82) is 0 Å². The van der Waals surface area contributed by atoms with Gasteiger partial charge in [0.2, 0.25) is 4.96 Å². The topological polar surface area (TPSA) is 82.8 Å². The molecule has 0 aliphatic heterocycles. The Labute approximate surface area is 173 Å². The highest BCUT2D eigenvalue weighted by molar-refractivity contribution is 7.15. The molecule has 0 aliphatic carbocycles. The number of aromatic nitrogens is 3. The van der Waals surface area contributed by atoms with Crippen molar-refractivity contribution in [2.24, 2.45) is 0 Å². The van der Waals surface area contributed by atoms with Crippen LogP contribution in [0.5, 0.6) is 11.5 Å². The van der Waals surface area contributed by atoms with Crippen LogP contribution in [0.15, 0.2) is 39.2 Å². The smallest absolute Gasteiger partial charge is 0.296 e. The summed E-state index contributed by atoms with van der Waals surface area (Å²) in [7, 11) is 3.10. The number of thiophene rings is 1. The van der Waals surface area contributed by atoms with Gasteiger partial charge in [-0.2, -0.15) is 14.6 Å². The molecule has 4 rings (SSSR count). The molecule has 0 saturated heterocycles. The summed E-state index contributed by atoms with van der Waals surface area (Å²) in [6.45, 7) is 1.99. The van der Waals surface area contributed by atoms with Gasteiger partial charge in [0.25, 0.3) is 11.1 Å². The maximum Gasteiger partial charge on any atom is 0.296 e. The number of methoxy groups -OCH3 is 2. The lowest BCUT2D eigenvalue weighted by atomic mass is 10.1. The zero-order chi connectivity index (χ0) is 20.5. The van der Waals surface area contributed by atoms with Crippen molar-refractivity contribution in [2.75, 3.05) is 14.2 Å². The molecule has 0 unspecified atom stereocenters. The quantitative estimate of drug-likeness (QED) is 0.485. The Hall–Kier alpha value is -3.04. The highest BCUT2D eigenvalue weighted by atomic mass is 32.1. The summed E-state index contributed by atoms with van der Waals surface area (Å²) >= 11 is 2.72. The highest BCUT2D eigenvalue weighted by Crippen LogP contribution is 2.28. The minimum Gasteiger partial charge on any atom is -0.493 e. The molecule has 9 heteroatoms. The van der Waals surface area contributed by atoms with Gasteiger partial charge >= 0.3 is 0 Å². The third kappa shape index (κ3) is 3.66. The van der Waals surface area contributed by atoms with Crippen molar-refractivity contribution in [3.8, 4) is 11.5 Å². The van der Waals surface area contributed by atoms with Gasteiger partial charge in [-0.3, -0.25) is 9.59 Å². The van der Waals surface area contributed by atoms with Gasteiger partial charge in [0, 0.05) is 11.3 Å². The van der Waals surface area contributed by atoms with Crippen LogP contribution in [-0.4, -0.2) is 28.8 Å². The molecular weight excluding hydrogens is 410 g/mol. The molecule has 1 aromatic carbocycles. The molecule has 0 saturated carbocycles. The van der Waals surface area contributed by atoms with E-state index in [0.29, 0.717) is 16.0 Å². The monoisotopic (exact) mass is 427 g/mol. The van der Waals surface area contributed by atoms with Crippen molar-refractivity contribution >= 4 is 33.7 Å². The van der Waals surface area contributed by atoms with Crippen molar-refractivity contribution < 1.29 is 9.47 Å². The van der Waals surface area contributed by atoms with Gasteiger partial charge in [-0.1, -0.05) is 17.4 Å². The molecule has 3 heterocycles. The lowest BCUT2D eigenvalue weighted by molar-refractivity contribution is 0.354. The Morgan fingerprint density at radius 2 is 1.93 bits per heavy atom. The fraction of sp³-hybridized carbons (Fsp3) is 0.200. The van der Waals surface area contributed by atoms with E-state index in [9.17, 15) is 9.59 Å². The van der Waals surface area contributed by atoms with E-state index in [4.69, 9.17) is 9.47 Å². The Morgan fingerprint density at radius 3 is 2.62 bits per heavy atom. The Balaban J connectivity index is 1.77. The van der Waals surface area contributed by atoms with Crippen molar-refractivity contribution in [3.63, 3.8) is 0 Å². The summed E-state index contributed by atoms with van der Waals surface area (Å²) in [5.74, 6) is 1.15. The Kier molecular flexibility index (Phi) is 5.16. The van der Waals surface area contributed by atoms with E-state index < -0.39 is 5.56 Å². The SMILES string of the molecule is COc1ccc(Cc2nn3c(=O)c(=Cc4sccc4C)sc3nc2=O)cc1OC. The lowest BCUT2D eigenvalue weighted by Gasteiger charge is -2.09. The summed E-state index contributed by atoms with van der Waals surface area (Å²) < 4.78 is 12.2. The van der Waals surface area contributed by atoms with Gasteiger partial charge in [-0.25, -0.2) is 0 Å². The normalized spacial score (nSPS) is 11.9. The van der Waals surface area contributed by atoms with E-state index in [1.807, 2.05) is 30.5 Å². The first kappa shape index (κ1) is 19.3. The number of rotatable bonds is 5. The van der Waals surface area contributed by atoms with Crippen LogP contribution in [0.4, 0.5) is 0 Å². The Morgan fingerprint density at radius 1 is 1.14 bits per heavy atom. The van der Waals surface area contributed by atoms with Crippen LogP contribution in [0, 0.1) is 6.92 Å². The van der Waals surface area contributed by atoms with Crippen LogP contribution in [0.3, 0.4) is 0 Å². The van der Waals surface area contributed by atoms with E-state index in [1.165, 1.54) is 4.52 Å². The molecule has 0 fully saturated rings. The largest absolute Gasteiger partial charge is 0.493 e. The summed E-state index contributed by atoms with van der Waals surface area (Å²) in [4.78, 5) is 30.6. The average molecular weight is 428 g/mol. The van der Waals surface area contributed by atoms with Gasteiger partial charge in [0.05, 0.1) is 18.8 Å². The van der Waals surface area contributed by atoms with Crippen LogP contribution in [0.1, 0.15) is 21.7 Å². The number of fused-ring (bicyclic) bond motifs is 1. The Bertz CT molecular complexity index is 1370. The van der Waals surface area contributed by atoms with Crippen LogP contribution in [-0.2, 0) is 6.42 Å². The van der Waals surface area contributed by atoms with Crippen molar-refractivity contribution in [1.82, 2.24) is 14.6 Å². The maximum absolute atomic E-state index is 12.8. The predicted octanol–water partition coefficient (Wildman–Crippen LogP) is 2.04. The van der Waals surface area contributed by atoms with Crippen LogP contribution in [0.2, 0.25) is 0 Å². The van der Waals surface area contributed by atoms with Crippen molar-refractivity contribution in [2.45, 2.75) is 13.3 Å². The second-order valence-electron chi connectivity index (χ2n) is 6.31. The molecule has 0 amide bonds. The van der Waals surface area contributed by atoms with Gasteiger partial charge in [-0.15, -0.1) is 11.3 Å². The third-order valence-corrected chi connectivity index (χ3v) is 6.36. The zero-order valence-corrected chi connectivity index (χ0v) is 17.6. The summed E-state index contributed by atoms with van der Waals surface area (Å²) in [6.07, 6.45) is 2.05. The highest BCUT2D eigenvalue weighted by Gasteiger charge is 2.13. The standard InChI is InChI=1S/C20H17N3O4S2/c1-11-6-7-28-16(11)10-17-19(25)23-20(29-17)21-18(24)13(22-23)8-12-4-5-14(26-2)15(9-12)27-3/h4-7,9-10H,8H2,1-3H3. The molecule has 0 atom stereocenters. The molecule has 3 aromatic heterocycles. The lowest BCUT2D eigenvalue weighted by Crippen LogP contribution is -2.28. The number of hydrogen-bond acceptors (Lipinski definition) is 8. The van der Waals surface area contributed by atoms with Crippen LogP contribution < -0.4 is 25.1 Å². The molecule has 0 spiro atoms. The van der Waals surface area contributed by atoms with Gasteiger partial charge in [0.15, 0.2) is 11.5 Å². The van der Waals surface area contributed by atoms with E-state index in [1.54, 1.807) is 37.7 Å². The molecule has 29 heavy (non-hydrogen) atoms. The molecule has 0 radical (unpaired) electrons. The first-order valence-corrected chi connectivity index (χ1v) is 10.4. The number of hydrogen-bond donors (Lipinski definition) is 0. The molecule has 7 nitrogen and oxygen atoms in total. The van der Waals surface area contributed by atoms with E-state index >= 15 is 0 Å². The molecular formula is C20H17N3O4S2. The zero-order valence-electron chi connectivity index (χ0n) is 16.0. The third-order valence-electron chi connectivity index (χ3n) is 4.43. The fourth-order valence-corrected chi connectivity index (χ4v) is 4.71. The van der Waals surface area contributed by atoms with Gasteiger partial charge in [0.1, 0.15) is 5.69 Å². The first-order valence-electron chi connectivity index (χ1n) is 8.69. The van der Waals surface area contributed by atoms with Crippen LogP contribution >= 0.6 is 22.7 Å². The summed E-state index contributed by atoms with van der Waals surface area (Å²) in [5, 5.41) is 6.26. The van der Waals surface area contributed by atoms with Gasteiger partial charge < -0.3 is 9.47 Å². The average Bonchev–Trinajstić information content (AvgIpc) is 3.25. The molecule has 4 aromatic rings. The minimum absolute atomic E-state index is 0.198. The summed E-state index contributed by atoms with van der Waals surface area (Å²) in [5.41, 5.74) is 1.37. The minimum atomic E-state index is -0.445. The number of ether oxygens (including phenoxy) is 2. The first-order chi connectivity index (χ1) is 14.0. The number of benzene rings is 1. The van der Waals surface area contributed by atoms with Crippen molar-refractivity contribution in [3.05, 3.63) is 76.6 Å². The summed E-state index contributed by atoms with van der Waals surface area (Å²) in [6, 6.07) is 7.36. The van der Waals surface area contributed by atoms with E-state index in [2.05, 4.69) is 10.1 Å². The maximum atomic E-state index is 12.8. The fourth-order valence-electron chi connectivity index (χ4n) is 2.89. The number of nitrogens with zero attached hydrogens (tertiary/aromatic N) is 3. The van der Waals surface area contributed by atoms with E-state index in [0.717, 1.165) is 27.3 Å². The number of aryl methyl sites for hydroxylation is 1. The molecule has 0 bridgehead atoms. The predicted molar refractivity (Wildman–Crippen MR) is 114 cm³/mol. The van der Waals surface area contributed by atoms with Gasteiger partial charge in [-0.05, 0) is 47.7 Å². The number of thiazole rings is 1. The molecule has 0 N–H and O–H groups in total. The second-order valence-corrected chi connectivity index (χ2v) is 8.26. The second kappa shape index (κ2) is 7.76. The molecule has 0 aliphatic rings. The van der Waals surface area contributed by atoms with E-state index in [-0.39, 0.29) is 22.6 Å². The van der Waals surface area contributed by atoms with Crippen LogP contribution in [0.25, 0.3) is 11.0 Å². The molecule has 148 valence electrons.